The Morgan fingerprint density at radius 1 is 1.25 bits per heavy atom. The Labute approximate surface area is 117 Å². The number of nitrogens with one attached hydrogen (secondary N) is 1. The Kier molecular flexibility index (Phi) is 4.14. The van der Waals surface area contributed by atoms with Gasteiger partial charge in [0.15, 0.2) is 0 Å². The van der Waals surface area contributed by atoms with Crippen LogP contribution in [0.4, 0.5) is 21.7 Å². The third-order valence-electron chi connectivity index (χ3n) is 3.08. The largest absolute Gasteiger partial charge is 0.324 e. The van der Waals surface area contributed by atoms with Crippen LogP contribution in [0.3, 0.4) is 0 Å². The lowest BCUT2D eigenvalue weighted by Gasteiger charge is -2.25. The summed E-state index contributed by atoms with van der Waals surface area (Å²) in [5, 5.41) is 0. The first-order valence-electron chi connectivity index (χ1n) is 6.42. The van der Waals surface area contributed by atoms with E-state index in [2.05, 4.69) is 15.4 Å². The van der Waals surface area contributed by atoms with Crippen LogP contribution < -0.4 is 16.2 Å². The van der Waals surface area contributed by atoms with Crippen molar-refractivity contribution < 1.29 is 4.39 Å². The van der Waals surface area contributed by atoms with Gasteiger partial charge in [0.25, 0.3) is 0 Å². The molecule has 0 amide bonds. The maximum atomic E-state index is 14.0. The van der Waals surface area contributed by atoms with Crippen LogP contribution in [0.2, 0.25) is 0 Å². The van der Waals surface area contributed by atoms with Crippen molar-refractivity contribution in [2.45, 2.75) is 20.8 Å². The molecule has 0 atom stereocenters. The monoisotopic (exact) mass is 275 g/mol. The molecule has 0 spiro atoms. The third kappa shape index (κ3) is 2.55. The number of nitrogen functional groups attached to an aromatic ring is 1. The first-order valence-corrected chi connectivity index (χ1v) is 6.42. The third-order valence-corrected chi connectivity index (χ3v) is 3.08. The molecule has 0 bridgehead atoms. The van der Waals surface area contributed by atoms with E-state index in [-0.39, 0.29) is 5.82 Å². The quantitative estimate of drug-likeness (QED) is 0.663. The molecule has 1 aromatic heterocycles. The first-order chi connectivity index (χ1) is 9.58. The number of anilines is 3. The van der Waals surface area contributed by atoms with Crippen LogP contribution in [0.25, 0.3) is 0 Å². The minimum absolute atomic E-state index is 0.285. The fourth-order valence-electron chi connectivity index (χ4n) is 2.12. The van der Waals surface area contributed by atoms with Crippen LogP contribution in [-0.4, -0.2) is 16.5 Å². The van der Waals surface area contributed by atoms with Gasteiger partial charge in [-0.3, -0.25) is 0 Å². The number of rotatable bonds is 4. The smallest absolute Gasteiger partial charge is 0.148 e. The predicted octanol–water partition coefficient (Wildman–Crippen LogP) is 2.68. The van der Waals surface area contributed by atoms with Gasteiger partial charge in [-0.25, -0.2) is 20.2 Å². The van der Waals surface area contributed by atoms with Gasteiger partial charge in [-0.05, 0) is 32.9 Å². The Balaban J connectivity index is 2.58. The minimum atomic E-state index is -0.285. The molecule has 0 aliphatic rings. The Hall–Kier alpha value is -2.21. The molecule has 0 saturated heterocycles. The van der Waals surface area contributed by atoms with E-state index >= 15 is 0 Å². The van der Waals surface area contributed by atoms with E-state index in [4.69, 9.17) is 5.84 Å². The second kappa shape index (κ2) is 5.83. The van der Waals surface area contributed by atoms with Crippen molar-refractivity contribution in [1.29, 1.82) is 0 Å². The van der Waals surface area contributed by atoms with Gasteiger partial charge in [0.05, 0.1) is 5.69 Å². The molecule has 2 rings (SSSR count). The second-order valence-corrected chi connectivity index (χ2v) is 4.41. The number of hydrogen-bond acceptors (Lipinski definition) is 5. The molecule has 5 nitrogen and oxygen atoms in total. The molecule has 0 unspecified atom stereocenters. The fraction of sp³-hybridized carbons (Fsp3) is 0.286. The van der Waals surface area contributed by atoms with Crippen LogP contribution in [0.1, 0.15) is 18.3 Å². The molecule has 0 fully saturated rings. The van der Waals surface area contributed by atoms with E-state index in [9.17, 15) is 4.39 Å². The summed E-state index contributed by atoms with van der Waals surface area (Å²) >= 11 is 0. The SMILES string of the molecule is CCN(c1ccccc1F)c1nc(C)nc(NN)c1C. The summed E-state index contributed by atoms with van der Waals surface area (Å²) in [5.74, 6) is 6.95. The zero-order valence-electron chi connectivity index (χ0n) is 11.8. The molecule has 1 aromatic carbocycles. The van der Waals surface area contributed by atoms with Crippen molar-refractivity contribution in [2.24, 2.45) is 5.84 Å². The van der Waals surface area contributed by atoms with Crippen molar-refractivity contribution in [2.75, 3.05) is 16.9 Å². The summed E-state index contributed by atoms with van der Waals surface area (Å²) in [6.07, 6.45) is 0. The number of para-hydroxylation sites is 1. The number of halogens is 1. The lowest BCUT2D eigenvalue weighted by molar-refractivity contribution is 0.625. The normalized spacial score (nSPS) is 10.4. The van der Waals surface area contributed by atoms with Crippen molar-refractivity contribution >= 4 is 17.3 Å². The molecule has 0 saturated carbocycles. The van der Waals surface area contributed by atoms with Gasteiger partial charge >= 0.3 is 0 Å². The van der Waals surface area contributed by atoms with E-state index in [0.29, 0.717) is 29.7 Å². The highest BCUT2D eigenvalue weighted by Gasteiger charge is 2.18. The van der Waals surface area contributed by atoms with E-state index in [1.54, 1.807) is 30.0 Å². The van der Waals surface area contributed by atoms with Gasteiger partial charge in [-0.1, -0.05) is 12.1 Å². The second-order valence-electron chi connectivity index (χ2n) is 4.41. The number of nitrogens with two attached hydrogens (primary N) is 1. The van der Waals surface area contributed by atoms with E-state index < -0.39 is 0 Å². The van der Waals surface area contributed by atoms with E-state index in [1.165, 1.54) is 6.07 Å². The highest BCUT2D eigenvalue weighted by Crippen LogP contribution is 2.30. The van der Waals surface area contributed by atoms with Gasteiger partial charge in [-0.15, -0.1) is 0 Å². The van der Waals surface area contributed by atoms with Crippen LogP contribution >= 0.6 is 0 Å². The number of aryl methyl sites for hydroxylation is 1. The Morgan fingerprint density at radius 2 is 1.95 bits per heavy atom. The maximum absolute atomic E-state index is 14.0. The highest BCUT2D eigenvalue weighted by molar-refractivity contribution is 5.67. The molecule has 20 heavy (non-hydrogen) atoms. The van der Waals surface area contributed by atoms with Crippen molar-refractivity contribution in [3.8, 4) is 0 Å². The minimum Gasteiger partial charge on any atom is -0.324 e. The van der Waals surface area contributed by atoms with Crippen molar-refractivity contribution in [3.05, 3.63) is 41.5 Å². The van der Waals surface area contributed by atoms with Crippen LogP contribution in [-0.2, 0) is 0 Å². The topological polar surface area (TPSA) is 67.1 Å². The van der Waals surface area contributed by atoms with Gasteiger partial charge in [0.2, 0.25) is 0 Å². The molecular weight excluding hydrogens is 257 g/mol. The molecular formula is C14H18FN5. The van der Waals surface area contributed by atoms with Gasteiger partial charge in [0, 0.05) is 12.1 Å². The molecule has 6 heteroatoms. The fourth-order valence-corrected chi connectivity index (χ4v) is 2.12. The standard InChI is InChI=1S/C14H18FN5/c1-4-20(12-8-6-5-7-11(12)15)14-9(2)13(19-16)17-10(3)18-14/h5-8H,4,16H2,1-3H3,(H,17,18,19). The Bertz CT molecular complexity index is 615. The van der Waals surface area contributed by atoms with Gasteiger partial charge in [-0.2, -0.15) is 0 Å². The highest BCUT2D eigenvalue weighted by atomic mass is 19.1. The van der Waals surface area contributed by atoms with Crippen LogP contribution in [0.15, 0.2) is 24.3 Å². The average Bonchev–Trinajstić information content (AvgIpc) is 2.44. The number of hydrazine groups is 1. The van der Waals surface area contributed by atoms with Gasteiger partial charge < -0.3 is 10.3 Å². The first kappa shape index (κ1) is 14.2. The summed E-state index contributed by atoms with van der Waals surface area (Å²) in [6.45, 7) is 6.16. The Morgan fingerprint density at radius 3 is 2.55 bits per heavy atom. The number of hydrogen-bond donors (Lipinski definition) is 2. The summed E-state index contributed by atoms with van der Waals surface area (Å²) in [6, 6.07) is 6.62. The number of nitrogens with zero attached hydrogens (tertiary/aromatic N) is 3. The molecule has 3 N–H and O–H groups in total. The lowest BCUT2D eigenvalue weighted by Crippen LogP contribution is -2.22. The van der Waals surface area contributed by atoms with E-state index in [0.717, 1.165) is 5.56 Å². The molecule has 106 valence electrons. The lowest BCUT2D eigenvalue weighted by atomic mass is 10.2. The number of aromatic nitrogens is 2. The molecule has 0 aliphatic heterocycles. The predicted molar refractivity (Wildman–Crippen MR) is 78.4 cm³/mol. The van der Waals surface area contributed by atoms with Crippen molar-refractivity contribution in [3.63, 3.8) is 0 Å². The molecule has 0 aliphatic carbocycles. The van der Waals surface area contributed by atoms with Crippen LogP contribution in [0.5, 0.6) is 0 Å². The van der Waals surface area contributed by atoms with Gasteiger partial charge in [0.1, 0.15) is 23.3 Å². The van der Waals surface area contributed by atoms with E-state index in [1.807, 2.05) is 13.8 Å². The van der Waals surface area contributed by atoms with Crippen LogP contribution in [0, 0.1) is 19.7 Å². The zero-order chi connectivity index (χ0) is 14.7. The maximum Gasteiger partial charge on any atom is 0.148 e. The summed E-state index contributed by atoms with van der Waals surface area (Å²) < 4.78 is 14.0. The summed E-state index contributed by atoms with van der Waals surface area (Å²) in [4.78, 5) is 10.4. The summed E-state index contributed by atoms with van der Waals surface area (Å²) in [7, 11) is 0. The number of benzene rings is 1. The molecule has 0 radical (unpaired) electrons. The zero-order valence-corrected chi connectivity index (χ0v) is 11.8. The molecule has 1 heterocycles. The van der Waals surface area contributed by atoms with Crippen molar-refractivity contribution in [1.82, 2.24) is 9.97 Å². The molecule has 2 aromatic rings. The average molecular weight is 275 g/mol. The summed E-state index contributed by atoms with van der Waals surface area (Å²) in [5.41, 5.74) is 3.82.